The summed E-state index contributed by atoms with van der Waals surface area (Å²) in [5.74, 6) is -0.963. The zero-order valence-corrected chi connectivity index (χ0v) is 11.1. The first-order chi connectivity index (χ1) is 9.01. The Morgan fingerprint density at radius 3 is 2.21 bits per heavy atom. The summed E-state index contributed by atoms with van der Waals surface area (Å²) in [4.78, 5) is 22.6. The molecule has 104 valence electrons. The van der Waals surface area contributed by atoms with Crippen LogP contribution in [0.2, 0.25) is 0 Å². The van der Waals surface area contributed by atoms with Crippen LogP contribution in [0.4, 0.5) is 0 Å². The second kappa shape index (κ2) is 6.89. The SMILES string of the molecule is COC(=O)CCC(O)(CC(=O)OC)c1ccccc1. The third-order valence-corrected chi connectivity index (χ3v) is 2.95. The molecule has 0 spiro atoms. The Morgan fingerprint density at radius 1 is 1.11 bits per heavy atom. The van der Waals surface area contributed by atoms with Gasteiger partial charge in [0.1, 0.15) is 5.60 Å². The molecular formula is C14H18O5. The van der Waals surface area contributed by atoms with Gasteiger partial charge in [-0.2, -0.15) is 0 Å². The van der Waals surface area contributed by atoms with Crippen molar-refractivity contribution in [2.45, 2.75) is 24.9 Å². The highest BCUT2D eigenvalue weighted by Gasteiger charge is 2.33. The van der Waals surface area contributed by atoms with Gasteiger partial charge in [-0.1, -0.05) is 30.3 Å². The van der Waals surface area contributed by atoms with Crippen LogP contribution in [-0.4, -0.2) is 31.3 Å². The Bertz CT molecular complexity index is 429. The van der Waals surface area contributed by atoms with E-state index in [1.165, 1.54) is 14.2 Å². The van der Waals surface area contributed by atoms with Gasteiger partial charge in [-0.05, 0) is 12.0 Å². The molecular weight excluding hydrogens is 248 g/mol. The molecule has 0 radical (unpaired) electrons. The monoisotopic (exact) mass is 266 g/mol. The zero-order chi connectivity index (χ0) is 14.3. The zero-order valence-electron chi connectivity index (χ0n) is 11.1. The fraction of sp³-hybridized carbons (Fsp3) is 0.429. The first-order valence-corrected chi connectivity index (χ1v) is 5.93. The summed E-state index contributed by atoms with van der Waals surface area (Å²) >= 11 is 0. The summed E-state index contributed by atoms with van der Waals surface area (Å²) in [5.41, 5.74) is -0.855. The lowest BCUT2D eigenvalue weighted by atomic mass is 9.86. The van der Waals surface area contributed by atoms with Crippen molar-refractivity contribution in [1.29, 1.82) is 0 Å². The number of methoxy groups -OCH3 is 2. The van der Waals surface area contributed by atoms with E-state index >= 15 is 0 Å². The first kappa shape index (κ1) is 15.2. The molecule has 0 amide bonds. The Balaban J connectivity index is 2.90. The number of benzene rings is 1. The quantitative estimate of drug-likeness (QED) is 0.788. The van der Waals surface area contributed by atoms with Gasteiger partial charge in [0.25, 0.3) is 0 Å². The van der Waals surface area contributed by atoms with E-state index in [2.05, 4.69) is 9.47 Å². The molecule has 1 atom stereocenters. The minimum Gasteiger partial charge on any atom is -0.469 e. The van der Waals surface area contributed by atoms with Crippen molar-refractivity contribution in [1.82, 2.24) is 0 Å². The third-order valence-electron chi connectivity index (χ3n) is 2.95. The predicted molar refractivity (Wildman–Crippen MR) is 68.2 cm³/mol. The van der Waals surface area contributed by atoms with Crippen molar-refractivity contribution in [2.75, 3.05) is 14.2 Å². The number of hydrogen-bond donors (Lipinski definition) is 1. The highest BCUT2D eigenvalue weighted by atomic mass is 16.5. The van der Waals surface area contributed by atoms with E-state index in [0.29, 0.717) is 5.56 Å². The Hall–Kier alpha value is -1.88. The summed E-state index contributed by atoms with van der Waals surface area (Å²) in [6.45, 7) is 0. The van der Waals surface area contributed by atoms with E-state index in [4.69, 9.17) is 0 Å². The molecule has 1 aromatic rings. The predicted octanol–water partition coefficient (Wildman–Crippen LogP) is 1.39. The number of hydrogen-bond acceptors (Lipinski definition) is 5. The highest BCUT2D eigenvalue weighted by molar-refractivity contribution is 5.72. The lowest BCUT2D eigenvalue weighted by Crippen LogP contribution is -2.30. The van der Waals surface area contributed by atoms with E-state index in [1.54, 1.807) is 24.3 Å². The average molecular weight is 266 g/mol. The van der Waals surface area contributed by atoms with Gasteiger partial charge in [0.15, 0.2) is 0 Å². The van der Waals surface area contributed by atoms with E-state index in [9.17, 15) is 14.7 Å². The molecule has 19 heavy (non-hydrogen) atoms. The van der Waals surface area contributed by atoms with E-state index < -0.39 is 17.5 Å². The molecule has 0 aliphatic heterocycles. The van der Waals surface area contributed by atoms with Crippen molar-refractivity contribution >= 4 is 11.9 Å². The standard InChI is InChI=1S/C14H18O5/c1-18-12(15)8-9-14(17,10-13(16)19-2)11-6-4-3-5-7-11/h3-7,17H,8-10H2,1-2H3. The smallest absolute Gasteiger partial charge is 0.308 e. The maximum Gasteiger partial charge on any atom is 0.308 e. The number of carbonyl (C=O) groups is 2. The van der Waals surface area contributed by atoms with Crippen LogP contribution in [0.25, 0.3) is 0 Å². The van der Waals surface area contributed by atoms with Gasteiger partial charge in [0, 0.05) is 6.42 Å². The van der Waals surface area contributed by atoms with Crippen molar-refractivity contribution in [3.8, 4) is 0 Å². The highest BCUT2D eigenvalue weighted by Crippen LogP contribution is 2.30. The summed E-state index contributed by atoms with van der Waals surface area (Å²) in [6.07, 6.45) is -0.0812. The molecule has 0 aliphatic rings. The lowest BCUT2D eigenvalue weighted by molar-refractivity contribution is -0.150. The number of aliphatic hydroxyl groups is 1. The summed E-state index contributed by atoms with van der Waals surface area (Å²) < 4.78 is 9.13. The fourth-order valence-electron chi connectivity index (χ4n) is 1.81. The van der Waals surface area contributed by atoms with Crippen LogP contribution in [-0.2, 0) is 24.7 Å². The van der Waals surface area contributed by atoms with Gasteiger partial charge in [0.05, 0.1) is 20.6 Å². The van der Waals surface area contributed by atoms with E-state index in [-0.39, 0.29) is 19.3 Å². The van der Waals surface area contributed by atoms with E-state index in [1.807, 2.05) is 6.07 Å². The van der Waals surface area contributed by atoms with Crippen molar-refractivity contribution in [2.24, 2.45) is 0 Å². The minimum absolute atomic E-state index is 0.0267. The summed E-state index contributed by atoms with van der Waals surface area (Å²) in [6, 6.07) is 8.74. The molecule has 0 saturated heterocycles. The molecule has 0 saturated carbocycles. The van der Waals surface area contributed by atoms with Crippen LogP contribution in [0.5, 0.6) is 0 Å². The molecule has 1 N–H and O–H groups in total. The topological polar surface area (TPSA) is 72.8 Å². The van der Waals surface area contributed by atoms with Gasteiger partial charge in [-0.25, -0.2) is 0 Å². The first-order valence-electron chi connectivity index (χ1n) is 5.93. The van der Waals surface area contributed by atoms with Crippen LogP contribution in [0.15, 0.2) is 30.3 Å². The Kier molecular flexibility index (Phi) is 5.51. The summed E-state index contributed by atoms with van der Waals surface area (Å²) in [7, 11) is 2.54. The third kappa shape index (κ3) is 4.37. The summed E-state index contributed by atoms with van der Waals surface area (Å²) in [5, 5.41) is 10.6. The van der Waals surface area contributed by atoms with Crippen LogP contribution in [0.3, 0.4) is 0 Å². The average Bonchev–Trinajstić information content (AvgIpc) is 2.45. The minimum atomic E-state index is -1.43. The number of ether oxygens (including phenoxy) is 2. The maximum absolute atomic E-state index is 11.4. The van der Waals surface area contributed by atoms with Crippen LogP contribution < -0.4 is 0 Å². The molecule has 1 aromatic carbocycles. The van der Waals surface area contributed by atoms with Gasteiger partial charge in [-0.3, -0.25) is 9.59 Å². The van der Waals surface area contributed by atoms with Crippen LogP contribution in [0, 0.1) is 0 Å². The second-order valence-corrected chi connectivity index (χ2v) is 4.23. The van der Waals surface area contributed by atoms with Gasteiger partial charge < -0.3 is 14.6 Å². The molecule has 5 heteroatoms. The molecule has 0 aromatic heterocycles. The van der Waals surface area contributed by atoms with Crippen molar-refractivity contribution < 1.29 is 24.2 Å². The molecule has 0 bridgehead atoms. The van der Waals surface area contributed by atoms with Gasteiger partial charge >= 0.3 is 11.9 Å². The van der Waals surface area contributed by atoms with Gasteiger partial charge in [0.2, 0.25) is 0 Å². The Labute approximate surface area is 112 Å². The molecule has 5 nitrogen and oxygen atoms in total. The number of esters is 2. The molecule has 1 rings (SSSR count). The van der Waals surface area contributed by atoms with E-state index in [0.717, 1.165) is 0 Å². The lowest BCUT2D eigenvalue weighted by Gasteiger charge is -2.27. The second-order valence-electron chi connectivity index (χ2n) is 4.23. The molecule has 1 unspecified atom stereocenters. The normalized spacial score (nSPS) is 13.4. The Morgan fingerprint density at radius 2 is 1.68 bits per heavy atom. The number of rotatable bonds is 6. The molecule has 0 aliphatic carbocycles. The number of carbonyl (C=O) groups excluding carboxylic acids is 2. The fourth-order valence-corrected chi connectivity index (χ4v) is 1.81. The van der Waals surface area contributed by atoms with Gasteiger partial charge in [-0.15, -0.1) is 0 Å². The molecule has 0 heterocycles. The van der Waals surface area contributed by atoms with Crippen LogP contribution in [0.1, 0.15) is 24.8 Å². The largest absolute Gasteiger partial charge is 0.469 e. The van der Waals surface area contributed by atoms with Crippen molar-refractivity contribution in [3.63, 3.8) is 0 Å². The maximum atomic E-state index is 11.4. The molecule has 0 fully saturated rings. The van der Waals surface area contributed by atoms with Crippen LogP contribution >= 0.6 is 0 Å². The van der Waals surface area contributed by atoms with Crippen molar-refractivity contribution in [3.05, 3.63) is 35.9 Å².